The predicted octanol–water partition coefficient (Wildman–Crippen LogP) is 1.81. The second-order valence-electron chi connectivity index (χ2n) is 3.37. The van der Waals surface area contributed by atoms with Gasteiger partial charge in [-0.15, -0.1) is 0 Å². The van der Waals surface area contributed by atoms with Gasteiger partial charge in [-0.05, 0) is 18.9 Å². The molecule has 2 rings (SSSR count). The van der Waals surface area contributed by atoms with Crippen molar-refractivity contribution in [2.75, 3.05) is 5.73 Å². The lowest BCUT2D eigenvalue weighted by Crippen LogP contribution is -2.08. The smallest absolute Gasteiger partial charge is 0.219 e. The van der Waals surface area contributed by atoms with Crippen molar-refractivity contribution in [2.24, 2.45) is 0 Å². The molecule has 1 radical (unpaired) electrons. The van der Waals surface area contributed by atoms with E-state index in [1.165, 1.54) is 19.3 Å². The Morgan fingerprint density at radius 1 is 1.14 bits per heavy atom. The first-order chi connectivity index (χ1) is 6.79. The van der Waals surface area contributed by atoms with Crippen LogP contribution in [0.5, 0.6) is 0 Å². The molecular formula is C10H16N3O. The molecule has 2 N–H and O–H groups in total. The molecule has 1 fully saturated rings. The van der Waals surface area contributed by atoms with E-state index in [1.54, 1.807) is 18.5 Å². The molecule has 1 aromatic heterocycles. The molecule has 77 valence electrons. The molecular weight excluding hydrogens is 178 g/mol. The summed E-state index contributed by atoms with van der Waals surface area (Å²) in [6, 6.07) is 1.72. The molecule has 0 unspecified atom stereocenters. The van der Waals surface area contributed by atoms with Gasteiger partial charge in [-0.25, -0.2) is 15.1 Å². The Labute approximate surface area is 84.2 Å². The number of nitrogens with zero attached hydrogens (tertiary/aromatic N) is 2. The molecule has 1 aliphatic rings. The molecule has 0 spiro atoms. The van der Waals surface area contributed by atoms with E-state index in [0.717, 1.165) is 12.8 Å². The van der Waals surface area contributed by atoms with E-state index in [2.05, 4.69) is 9.97 Å². The van der Waals surface area contributed by atoms with Crippen molar-refractivity contribution >= 4 is 5.95 Å². The third kappa shape index (κ3) is 4.77. The molecule has 1 saturated carbocycles. The fraction of sp³-hybridized carbons (Fsp3) is 0.600. The van der Waals surface area contributed by atoms with Gasteiger partial charge < -0.3 is 5.73 Å². The van der Waals surface area contributed by atoms with E-state index in [1.807, 2.05) is 0 Å². The zero-order valence-corrected chi connectivity index (χ0v) is 8.22. The molecule has 0 bridgehead atoms. The summed E-state index contributed by atoms with van der Waals surface area (Å²) < 4.78 is 0. The Morgan fingerprint density at radius 2 is 1.71 bits per heavy atom. The molecule has 4 nitrogen and oxygen atoms in total. The van der Waals surface area contributed by atoms with Crippen molar-refractivity contribution in [3.63, 3.8) is 0 Å². The minimum Gasteiger partial charge on any atom is -0.368 e. The van der Waals surface area contributed by atoms with E-state index in [0.29, 0.717) is 5.95 Å². The van der Waals surface area contributed by atoms with Crippen LogP contribution >= 0.6 is 0 Å². The molecule has 1 heterocycles. The highest BCUT2D eigenvalue weighted by atomic mass is 16.3. The van der Waals surface area contributed by atoms with Crippen LogP contribution in [0.2, 0.25) is 0 Å². The fourth-order valence-electron chi connectivity index (χ4n) is 1.38. The van der Waals surface area contributed by atoms with Crippen LogP contribution in [-0.4, -0.2) is 16.1 Å². The summed E-state index contributed by atoms with van der Waals surface area (Å²) in [6.45, 7) is 0. The molecule has 1 aromatic rings. The molecule has 1 aliphatic carbocycles. The Kier molecular flexibility index (Phi) is 4.93. The van der Waals surface area contributed by atoms with Crippen molar-refractivity contribution in [1.29, 1.82) is 0 Å². The number of nitrogen functional groups attached to an aromatic ring is 1. The highest BCUT2D eigenvalue weighted by Crippen LogP contribution is 2.16. The molecule has 0 saturated heterocycles. The number of nitrogens with two attached hydrogens (primary N) is 1. The topological polar surface area (TPSA) is 71.7 Å². The van der Waals surface area contributed by atoms with E-state index in [9.17, 15) is 5.11 Å². The maximum atomic E-state index is 10.5. The maximum absolute atomic E-state index is 10.5. The summed E-state index contributed by atoms with van der Waals surface area (Å²) in [6.07, 6.45) is 8.49. The second kappa shape index (κ2) is 6.32. The van der Waals surface area contributed by atoms with Gasteiger partial charge in [-0.2, -0.15) is 0 Å². The summed E-state index contributed by atoms with van der Waals surface area (Å²) in [5.74, 6) is 0.322. The normalized spacial score (nSPS) is 16.9. The van der Waals surface area contributed by atoms with E-state index in [-0.39, 0.29) is 6.10 Å². The highest BCUT2D eigenvalue weighted by Gasteiger charge is 2.09. The first kappa shape index (κ1) is 10.9. The summed E-state index contributed by atoms with van der Waals surface area (Å²) >= 11 is 0. The lowest BCUT2D eigenvalue weighted by molar-refractivity contribution is 0.0564. The molecule has 14 heavy (non-hydrogen) atoms. The average Bonchev–Trinajstić information content (AvgIpc) is 2.21. The number of hydrogen-bond donors (Lipinski definition) is 1. The average molecular weight is 194 g/mol. The van der Waals surface area contributed by atoms with E-state index < -0.39 is 0 Å². The minimum atomic E-state index is -0.214. The minimum absolute atomic E-state index is 0.214. The Hall–Kier alpha value is -1.16. The van der Waals surface area contributed by atoms with E-state index >= 15 is 0 Å². The van der Waals surface area contributed by atoms with Gasteiger partial charge in [0, 0.05) is 12.4 Å². The standard InChI is InChI=1S/C6H11O.C4H5N3/c7-6-4-2-1-3-5-6;5-4-6-2-1-3-7-4/h6H,1-5H2;1-3H,(H2,5,6,7). The summed E-state index contributed by atoms with van der Waals surface area (Å²) in [4.78, 5) is 7.29. The van der Waals surface area contributed by atoms with Crippen LogP contribution in [0.15, 0.2) is 18.5 Å². The van der Waals surface area contributed by atoms with Crippen LogP contribution in [0.4, 0.5) is 5.95 Å². The van der Waals surface area contributed by atoms with Gasteiger partial charge in [0.2, 0.25) is 5.95 Å². The van der Waals surface area contributed by atoms with Crippen molar-refractivity contribution in [3.05, 3.63) is 18.5 Å². The summed E-state index contributed by atoms with van der Waals surface area (Å²) in [5, 5.41) is 10.5. The number of hydrogen-bond acceptors (Lipinski definition) is 3. The van der Waals surface area contributed by atoms with Crippen LogP contribution in [0.3, 0.4) is 0 Å². The van der Waals surface area contributed by atoms with Crippen LogP contribution < -0.4 is 5.73 Å². The van der Waals surface area contributed by atoms with Crippen molar-refractivity contribution in [2.45, 2.75) is 38.2 Å². The Morgan fingerprint density at radius 3 is 2.00 bits per heavy atom. The van der Waals surface area contributed by atoms with Crippen molar-refractivity contribution < 1.29 is 5.11 Å². The quantitative estimate of drug-likeness (QED) is 0.684. The Bertz CT molecular complexity index is 234. The number of rotatable bonds is 0. The Balaban J connectivity index is 0.000000140. The van der Waals surface area contributed by atoms with Gasteiger partial charge in [0.15, 0.2) is 0 Å². The van der Waals surface area contributed by atoms with Crippen molar-refractivity contribution in [1.82, 2.24) is 9.97 Å². The van der Waals surface area contributed by atoms with Gasteiger partial charge in [-0.1, -0.05) is 19.3 Å². The van der Waals surface area contributed by atoms with Gasteiger partial charge in [0.1, 0.15) is 0 Å². The third-order valence-electron chi connectivity index (χ3n) is 2.14. The number of aromatic nitrogens is 2. The summed E-state index contributed by atoms with van der Waals surface area (Å²) in [7, 11) is 0. The fourth-order valence-corrected chi connectivity index (χ4v) is 1.38. The number of anilines is 1. The van der Waals surface area contributed by atoms with E-state index in [4.69, 9.17) is 5.73 Å². The SMILES string of the molecule is Nc1ncccn1.[O]C1CCCCC1. The second-order valence-corrected chi connectivity index (χ2v) is 3.37. The van der Waals surface area contributed by atoms with Crippen LogP contribution in [0.25, 0.3) is 0 Å². The maximum Gasteiger partial charge on any atom is 0.219 e. The van der Waals surface area contributed by atoms with Crippen molar-refractivity contribution in [3.8, 4) is 0 Å². The summed E-state index contributed by atoms with van der Waals surface area (Å²) in [5.41, 5.74) is 5.14. The van der Waals surface area contributed by atoms with Crippen LogP contribution in [-0.2, 0) is 5.11 Å². The first-order valence-electron chi connectivity index (χ1n) is 4.97. The van der Waals surface area contributed by atoms with Crippen LogP contribution in [0.1, 0.15) is 32.1 Å². The lowest BCUT2D eigenvalue weighted by Gasteiger charge is -2.12. The van der Waals surface area contributed by atoms with Gasteiger partial charge >= 0.3 is 0 Å². The first-order valence-corrected chi connectivity index (χ1v) is 4.97. The zero-order chi connectivity index (χ0) is 10.2. The zero-order valence-electron chi connectivity index (χ0n) is 8.22. The molecule has 0 aliphatic heterocycles. The van der Waals surface area contributed by atoms with Gasteiger partial charge in [-0.3, -0.25) is 0 Å². The highest BCUT2D eigenvalue weighted by molar-refractivity contribution is 5.11. The predicted molar refractivity (Wildman–Crippen MR) is 54.0 cm³/mol. The molecule has 0 atom stereocenters. The monoisotopic (exact) mass is 194 g/mol. The third-order valence-corrected chi connectivity index (χ3v) is 2.14. The molecule has 4 heteroatoms. The van der Waals surface area contributed by atoms with Crippen LogP contribution in [0, 0.1) is 0 Å². The molecule has 0 amide bonds. The lowest BCUT2D eigenvalue weighted by atomic mass is 9.98. The largest absolute Gasteiger partial charge is 0.368 e. The van der Waals surface area contributed by atoms with Gasteiger partial charge in [0.05, 0.1) is 6.10 Å². The van der Waals surface area contributed by atoms with Gasteiger partial charge in [0.25, 0.3) is 0 Å². The molecule has 0 aromatic carbocycles.